The van der Waals surface area contributed by atoms with E-state index in [4.69, 9.17) is 18.0 Å². The number of nitrogens with two attached hydrogens (primary N) is 1. The Kier molecular flexibility index (Phi) is 5.06. The number of aryl methyl sites for hydroxylation is 1. The van der Waals surface area contributed by atoms with Crippen molar-refractivity contribution in [1.82, 2.24) is 10.3 Å². The summed E-state index contributed by atoms with van der Waals surface area (Å²) >= 11 is 5.13. The summed E-state index contributed by atoms with van der Waals surface area (Å²) in [5, 5.41) is 2.96. The number of hydrogen-bond donors (Lipinski definition) is 2. The number of nitrogens with one attached hydrogen (secondary N) is 1. The van der Waals surface area contributed by atoms with Crippen LogP contribution in [-0.2, 0) is 0 Å². The molecular weight excluding hydrogens is 270 g/mol. The second kappa shape index (κ2) is 6.79. The maximum Gasteiger partial charge on any atom is 0.270 e. The standard InChI is InChI=1S/C15H21N3OS/c1-10-6-5-9-12(17-10)15(19)18-13(14(16)20)11-7-3-2-4-8-11/h5-6,9,11,13H,2-4,7-8H2,1H3,(H2,16,20)(H,18,19). The molecule has 0 aromatic carbocycles. The van der Waals surface area contributed by atoms with Gasteiger partial charge in [-0.15, -0.1) is 0 Å². The Morgan fingerprint density at radius 3 is 2.70 bits per heavy atom. The normalized spacial score (nSPS) is 17.4. The van der Waals surface area contributed by atoms with E-state index in [1.807, 2.05) is 19.1 Å². The second-order valence-electron chi connectivity index (χ2n) is 5.42. The predicted octanol–water partition coefficient (Wildman–Crippen LogP) is 2.35. The van der Waals surface area contributed by atoms with Gasteiger partial charge >= 0.3 is 0 Å². The number of aromatic nitrogens is 1. The van der Waals surface area contributed by atoms with Gasteiger partial charge in [-0.1, -0.05) is 37.5 Å². The molecule has 0 spiro atoms. The molecule has 1 unspecified atom stereocenters. The predicted molar refractivity (Wildman–Crippen MR) is 83.6 cm³/mol. The molecule has 0 saturated heterocycles. The zero-order chi connectivity index (χ0) is 14.5. The number of rotatable bonds is 4. The molecular formula is C15H21N3OS. The molecule has 1 fully saturated rings. The topological polar surface area (TPSA) is 68.0 Å². The van der Waals surface area contributed by atoms with E-state index in [-0.39, 0.29) is 11.9 Å². The minimum Gasteiger partial charge on any atom is -0.392 e. The van der Waals surface area contributed by atoms with Gasteiger partial charge in [0.1, 0.15) is 5.69 Å². The Labute approximate surface area is 125 Å². The van der Waals surface area contributed by atoms with Crippen molar-refractivity contribution in [2.75, 3.05) is 0 Å². The van der Waals surface area contributed by atoms with Crippen LogP contribution in [0.2, 0.25) is 0 Å². The van der Waals surface area contributed by atoms with Gasteiger partial charge in [0, 0.05) is 5.69 Å². The van der Waals surface area contributed by atoms with Crippen LogP contribution < -0.4 is 11.1 Å². The summed E-state index contributed by atoms with van der Waals surface area (Å²) in [6.07, 6.45) is 5.77. The number of carbonyl (C=O) groups excluding carboxylic acids is 1. The summed E-state index contributed by atoms with van der Waals surface area (Å²) < 4.78 is 0. The lowest BCUT2D eigenvalue weighted by atomic mass is 9.84. The van der Waals surface area contributed by atoms with Crippen molar-refractivity contribution >= 4 is 23.1 Å². The molecule has 0 aliphatic heterocycles. The molecule has 3 N–H and O–H groups in total. The monoisotopic (exact) mass is 291 g/mol. The van der Waals surface area contributed by atoms with Crippen molar-refractivity contribution in [3.63, 3.8) is 0 Å². The molecule has 108 valence electrons. The first-order valence-electron chi connectivity index (χ1n) is 7.12. The number of hydrogen-bond acceptors (Lipinski definition) is 3. The summed E-state index contributed by atoms with van der Waals surface area (Å²) in [5.74, 6) is 0.159. The van der Waals surface area contributed by atoms with E-state index in [0.717, 1.165) is 18.5 Å². The van der Waals surface area contributed by atoms with E-state index >= 15 is 0 Å². The van der Waals surface area contributed by atoms with Gasteiger partial charge in [0.15, 0.2) is 0 Å². The third-order valence-electron chi connectivity index (χ3n) is 3.84. The summed E-state index contributed by atoms with van der Waals surface area (Å²) in [6.45, 7) is 1.86. The van der Waals surface area contributed by atoms with Crippen molar-refractivity contribution in [2.45, 2.75) is 45.1 Å². The molecule has 1 aliphatic carbocycles. The number of amides is 1. The molecule has 4 nitrogen and oxygen atoms in total. The quantitative estimate of drug-likeness (QED) is 0.836. The summed E-state index contributed by atoms with van der Waals surface area (Å²) in [7, 11) is 0. The lowest BCUT2D eigenvalue weighted by molar-refractivity contribution is 0.0926. The van der Waals surface area contributed by atoms with Crippen molar-refractivity contribution in [2.24, 2.45) is 11.7 Å². The lowest BCUT2D eigenvalue weighted by Gasteiger charge is -2.30. The van der Waals surface area contributed by atoms with Crippen LogP contribution in [0.1, 0.15) is 48.3 Å². The Balaban J connectivity index is 2.07. The molecule has 1 amide bonds. The van der Waals surface area contributed by atoms with Crippen molar-refractivity contribution in [1.29, 1.82) is 0 Å². The van der Waals surface area contributed by atoms with Crippen molar-refractivity contribution in [3.8, 4) is 0 Å². The molecule has 1 aromatic rings. The fraction of sp³-hybridized carbons (Fsp3) is 0.533. The van der Waals surface area contributed by atoms with Gasteiger partial charge in [-0.3, -0.25) is 4.79 Å². The number of nitrogens with zero attached hydrogens (tertiary/aromatic N) is 1. The van der Waals surface area contributed by atoms with Gasteiger partial charge in [0.05, 0.1) is 11.0 Å². The van der Waals surface area contributed by atoms with Gasteiger partial charge < -0.3 is 11.1 Å². The molecule has 20 heavy (non-hydrogen) atoms. The van der Waals surface area contributed by atoms with Crippen LogP contribution in [0.15, 0.2) is 18.2 Å². The summed E-state index contributed by atoms with van der Waals surface area (Å²) in [6, 6.07) is 5.18. The van der Waals surface area contributed by atoms with Crippen LogP contribution in [-0.4, -0.2) is 21.9 Å². The highest BCUT2D eigenvalue weighted by Gasteiger charge is 2.27. The molecule has 2 rings (SSSR count). The summed E-state index contributed by atoms with van der Waals surface area (Å²) in [4.78, 5) is 16.9. The fourth-order valence-corrected chi connectivity index (χ4v) is 3.02. The minimum atomic E-state index is -0.222. The van der Waals surface area contributed by atoms with Gasteiger partial charge in [-0.2, -0.15) is 0 Å². The highest BCUT2D eigenvalue weighted by atomic mass is 32.1. The summed E-state index contributed by atoms with van der Waals surface area (Å²) in [5.41, 5.74) is 7.06. The number of pyridine rings is 1. The third-order valence-corrected chi connectivity index (χ3v) is 4.09. The number of carbonyl (C=O) groups is 1. The van der Waals surface area contributed by atoms with E-state index < -0.39 is 0 Å². The highest BCUT2D eigenvalue weighted by molar-refractivity contribution is 7.80. The SMILES string of the molecule is Cc1cccc(C(=O)NC(C(N)=S)C2CCCCC2)n1. The van der Waals surface area contributed by atoms with E-state index in [1.54, 1.807) is 6.07 Å². The Morgan fingerprint density at radius 2 is 2.10 bits per heavy atom. The highest BCUT2D eigenvalue weighted by Crippen LogP contribution is 2.26. The molecule has 0 radical (unpaired) electrons. The van der Waals surface area contributed by atoms with Gasteiger partial charge in [-0.25, -0.2) is 4.98 Å². The average molecular weight is 291 g/mol. The Bertz CT molecular complexity index is 498. The van der Waals surface area contributed by atoms with Crippen LogP contribution in [0.3, 0.4) is 0 Å². The Morgan fingerprint density at radius 1 is 1.40 bits per heavy atom. The van der Waals surface area contributed by atoms with Crippen LogP contribution in [0.4, 0.5) is 0 Å². The van der Waals surface area contributed by atoms with Gasteiger partial charge in [-0.05, 0) is 37.8 Å². The fourth-order valence-electron chi connectivity index (χ4n) is 2.77. The zero-order valence-electron chi connectivity index (χ0n) is 11.8. The second-order valence-corrected chi connectivity index (χ2v) is 5.89. The maximum absolute atomic E-state index is 12.3. The third kappa shape index (κ3) is 3.76. The van der Waals surface area contributed by atoms with E-state index in [9.17, 15) is 4.79 Å². The van der Waals surface area contributed by atoms with Crippen LogP contribution >= 0.6 is 12.2 Å². The van der Waals surface area contributed by atoms with Crippen LogP contribution in [0.25, 0.3) is 0 Å². The van der Waals surface area contributed by atoms with Crippen molar-refractivity contribution < 1.29 is 4.79 Å². The first-order valence-corrected chi connectivity index (χ1v) is 7.52. The molecule has 1 atom stereocenters. The first kappa shape index (κ1) is 14.9. The van der Waals surface area contributed by atoms with E-state index in [1.165, 1.54) is 19.3 Å². The maximum atomic E-state index is 12.3. The molecule has 0 bridgehead atoms. The molecule has 1 saturated carbocycles. The first-order chi connectivity index (χ1) is 9.58. The van der Waals surface area contributed by atoms with E-state index in [2.05, 4.69) is 10.3 Å². The lowest BCUT2D eigenvalue weighted by Crippen LogP contribution is -2.49. The molecule has 1 aromatic heterocycles. The number of thiocarbonyl (C=S) groups is 1. The molecule has 5 heteroatoms. The zero-order valence-corrected chi connectivity index (χ0v) is 12.6. The van der Waals surface area contributed by atoms with Gasteiger partial charge in [0.25, 0.3) is 5.91 Å². The largest absolute Gasteiger partial charge is 0.392 e. The van der Waals surface area contributed by atoms with Gasteiger partial charge in [0.2, 0.25) is 0 Å². The van der Waals surface area contributed by atoms with Crippen LogP contribution in [0.5, 0.6) is 0 Å². The average Bonchev–Trinajstić information content (AvgIpc) is 2.45. The molecule has 1 heterocycles. The van der Waals surface area contributed by atoms with E-state index in [0.29, 0.717) is 16.6 Å². The van der Waals surface area contributed by atoms with Crippen LogP contribution in [0, 0.1) is 12.8 Å². The van der Waals surface area contributed by atoms with Crippen molar-refractivity contribution in [3.05, 3.63) is 29.6 Å². The Hall–Kier alpha value is -1.49. The minimum absolute atomic E-state index is 0.197. The smallest absolute Gasteiger partial charge is 0.270 e. The molecule has 1 aliphatic rings.